The van der Waals surface area contributed by atoms with E-state index in [4.69, 9.17) is 4.65 Å². The zero-order chi connectivity index (χ0) is 17.3. The van der Waals surface area contributed by atoms with Crippen molar-refractivity contribution in [1.29, 1.82) is 0 Å². The van der Waals surface area contributed by atoms with Crippen molar-refractivity contribution >= 4 is 7.32 Å². The fourth-order valence-corrected chi connectivity index (χ4v) is 2.49. The number of hydrogen-bond donors (Lipinski definition) is 2. The summed E-state index contributed by atoms with van der Waals surface area (Å²) in [6, 6.07) is 4.21. The average Bonchev–Trinajstić information content (AvgIpc) is 2.26. The smallest absolute Gasteiger partial charge is 0.512 e. The summed E-state index contributed by atoms with van der Waals surface area (Å²) in [6.07, 6.45) is 0. The van der Waals surface area contributed by atoms with Gasteiger partial charge in [0.15, 0.2) is 0 Å². The zero-order valence-electron chi connectivity index (χ0n) is 15.2. The highest BCUT2D eigenvalue weighted by Crippen LogP contribution is 2.41. The minimum absolute atomic E-state index is 0.160. The van der Waals surface area contributed by atoms with Gasteiger partial charge in [-0.1, -0.05) is 53.7 Å². The van der Waals surface area contributed by atoms with E-state index in [1.54, 1.807) is 0 Å². The van der Waals surface area contributed by atoms with E-state index in [1.807, 2.05) is 14.1 Å². The molecule has 0 bridgehead atoms. The first-order valence-electron chi connectivity index (χ1n) is 7.68. The number of hydrogen-bond acceptors (Lipinski definition) is 4. The molecule has 0 radical (unpaired) electrons. The Bertz CT molecular complexity index is 479. The van der Waals surface area contributed by atoms with Gasteiger partial charge in [0.2, 0.25) is 0 Å². The average molecular weight is 307 g/mol. The van der Waals surface area contributed by atoms with E-state index in [0.29, 0.717) is 5.75 Å². The lowest BCUT2D eigenvalue weighted by Gasteiger charge is -2.31. The molecule has 0 saturated carbocycles. The first kappa shape index (κ1) is 19.0. The monoisotopic (exact) mass is 307 g/mol. The maximum absolute atomic E-state index is 9.33. The summed E-state index contributed by atoms with van der Waals surface area (Å²) < 4.78 is 5.39. The Morgan fingerprint density at radius 3 is 1.64 bits per heavy atom. The Morgan fingerprint density at radius 2 is 1.36 bits per heavy atom. The third-order valence-corrected chi connectivity index (χ3v) is 3.49. The van der Waals surface area contributed by atoms with E-state index in [1.165, 1.54) is 5.56 Å². The minimum atomic E-state index is -1.82. The summed E-state index contributed by atoms with van der Waals surface area (Å²) in [6.45, 7) is 13.4. The lowest BCUT2D eigenvalue weighted by atomic mass is 9.78. The largest absolute Gasteiger partial charge is 0.707 e. The molecular weight excluding hydrogens is 277 g/mol. The van der Waals surface area contributed by atoms with Crippen LogP contribution in [0.15, 0.2) is 12.1 Å². The van der Waals surface area contributed by atoms with Crippen LogP contribution in [-0.4, -0.2) is 36.4 Å². The molecule has 1 aromatic rings. The van der Waals surface area contributed by atoms with Crippen molar-refractivity contribution in [3.8, 4) is 5.75 Å². The first-order valence-corrected chi connectivity index (χ1v) is 7.68. The van der Waals surface area contributed by atoms with Crippen LogP contribution in [0.1, 0.15) is 58.2 Å². The summed E-state index contributed by atoms with van der Waals surface area (Å²) in [5.74, 6) is 0.581. The van der Waals surface area contributed by atoms with Crippen LogP contribution < -0.4 is 4.65 Å². The van der Waals surface area contributed by atoms with Crippen LogP contribution >= 0.6 is 0 Å². The number of rotatable bonds is 4. The van der Waals surface area contributed by atoms with E-state index in [-0.39, 0.29) is 10.8 Å². The molecule has 0 atom stereocenters. The first-order chi connectivity index (χ1) is 9.82. The highest BCUT2D eigenvalue weighted by molar-refractivity contribution is 6.33. The maximum Gasteiger partial charge on any atom is 0.707 e. The molecule has 0 aliphatic rings. The predicted octanol–water partition coefficient (Wildman–Crippen LogP) is 2.69. The van der Waals surface area contributed by atoms with Gasteiger partial charge in [0.25, 0.3) is 0 Å². The Labute approximate surface area is 135 Å². The van der Waals surface area contributed by atoms with E-state index in [9.17, 15) is 10.0 Å². The second kappa shape index (κ2) is 6.61. The standard InChI is InChI=1S/C17H30BNO3/c1-16(2,3)13-9-12(11-19(7)8)10-14(17(4,5)6)15(13)22-18(20)21/h9-10,20-21H,11H2,1-8H3. The van der Waals surface area contributed by atoms with Crippen molar-refractivity contribution in [2.45, 2.75) is 58.9 Å². The molecule has 2 N–H and O–H groups in total. The molecule has 0 heterocycles. The second-order valence-corrected chi connectivity index (χ2v) is 8.20. The summed E-state index contributed by atoms with van der Waals surface area (Å²) in [5.41, 5.74) is 2.86. The second-order valence-electron chi connectivity index (χ2n) is 8.20. The van der Waals surface area contributed by atoms with Gasteiger partial charge >= 0.3 is 7.32 Å². The van der Waals surface area contributed by atoms with Crippen LogP contribution in [0.25, 0.3) is 0 Å². The van der Waals surface area contributed by atoms with Crippen LogP contribution in [-0.2, 0) is 17.4 Å². The molecule has 22 heavy (non-hydrogen) atoms. The lowest BCUT2D eigenvalue weighted by Crippen LogP contribution is -2.27. The van der Waals surface area contributed by atoms with E-state index in [2.05, 4.69) is 58.6 Å². The Kier molecular flexibility index (Phi) is 5.71. The number of benzene rings is 1. The van der Waals surface area contributed by atoms with Crippen molar-refractivity contribution in [2.24, 2.45) is 0 Å². The Balaban J connectivity index is 3.61. The van der Waals surface area contributed by atoms with Gasteiger partial charge in [0.1, 0.15) is 5.75 Å². The van der Waals surface area contributed by atoms with Crippen LogP contribution in [0.5, 0.6) is 5.75 Å². The normalized spacial score (nSPS) is 12.7. The fourth-order valence-electron chi connectivity index (χ4n) is 2.49. The van der Waals surface area contributed by atoms with Crippen molar-refractivity contribution in [3.63, 3.8) is 0 Å². The van der Waals surface area contributed by atoms with Crippen molar-refractivity contribution in [2.75, 3.05) is 14.1 Å². The third kappa shape index (κ3) is 5.01. The van der Waals surface area contributed by atoms with Crippen LogP contribution in [0.4, 0.5) is 0 Å². The lowest BCUT2D eigenvalue weighted by molar-refractivity contribution is 0.281. The Hall–Kier alpha value is -1.04. The van der Waals surface area contributed by atoms with E-state index >= 15 is 0 Å². The third-order valence-electron chi connectivity index (χ3n) is 3.49. The van der Waals surface area contributed by atoms with Crippen molar-refractivity contribution in [1.82, 2.24) is 4.90 Å². The molecule has 0 fully saturated rings. The van der Waals surface area contributed by atoms with Crippen LogP contribution in [0.3, 0.4) is 0 Å². The topological polar surface area (TPSA) is 52.9 Å². The molecular formula is C17H30BNO3. The number of nitrogens with zero attached hydrogens (tertiary/aromatic N) is 1. The van der Waals surface area contributed by atoms with E-state index in [0.717, 1.165) is 17.7 Å². The van der Waals surface area contributed by atoms with Gasteiger partial charge in [0, 0.05) is 6.54 Å². The quantitative estimate of drug-likeness (QED) is 0.840. The fraction of sp³-hybridized carbons (Fsp3) is 0.647. The van der Waals surface area contributed by atoms with Gasteiger partial charge in [-0.2, -0.15) is 0 Å². The van der Waals surface area contributed by atoms with Crippen molar-refractivity contribution < 1.29 is 14.7 Å². The summed E-state index contributed by atoms with van der Waals surface area (Å²) in [4.78, 5) is 2.12. The predicted molar refractivity (Wildman–Crippen MR) is 92.1 cm³/mol. The molecule has 0 saturated heterocycles. The highest BCUT2D eigenvalue weighted by atomic mass is 16.6. The molecule has 0 spiro atoms. The molecule has 1 rings (SSSR count). The molecule has 0 amide bonds. The molecule has 5 heteroatoms. The maximum atomic E-state index is 9.33. The molecule has 0 aliphatic heterocycles. The molecule has 0 unspecified atom stereocenters. The molecule has 1 aromatic carbocycles. The van der Waals surface area contributed by atoms with Gasteiger partial charge in [-0.25, -0.2) is 0 Å². The molecule has 4 nitrogen and oxygen atoms in total. The molecule has 0 aromatic heterocycles. The highest BCUT2D eigenvalue weighted by Gasteiger charge is 2.30. The summed E-state index contributed by atoms with van der Waals surface area (Å²) >= 11 is 0. The molecule has 0 aliphatic carbocycles. The van der Waals surface area contributed by atoms with Gasteiger partial charge in [0.05, 0.1) is 0 Å². The summed E-state index contributed by atoms with van der Waals surface area (Å²) in [7, 11) is 2.26. The van der Waals surface area contributed by atoms with Gasteiger partial charge in [-0.3, -0.25) is 0 Å². The van der Waals surface area contributed by atoms with E-state index < -0.39 is 7.32 Å². The zero-order valence-corrected chi connectivity index (χ0v) is 15.2. The molecule has 124 valence electrons. The van der Waals surface area contributed by atoms with Gasteiger partial charge in [-0.05, 0) is 41.6 Å². The SMILES string of the molecule is CN(C)Cc1cc(C(C)(C)C)c(OB(O)O)c(C(C)(C)C)c1. The summed E-state index contributed by atoms with van der Waals surface area (Å²) in [5, 5.41) is 18.7. The minimum Gasteiger partial charge on any atom is -0.512 e. The van der Waals surface area contributed by atoms with Crippen LogP contribution in [0.2, 0.25) is 0 Å². The van der Waals surface area contributed by atoms with Crippen LogP contribution in [0, 0.1) is 0 Å². The Morgan fingerprint density at radius 1 is 0.955 bits per heavy atom. The van der Waals surface area contributed by atoms with Crippen molar-refractivity contribution in [3.05, 3.63) is 28.8 Å². The van der Waals surface area contributed by atoms with Gasteiger partial charge in [-0.15, -0.1) is 0 Å². The van der Waals surface area contributed by atoms with Gasteiger partial charge < -0.3 is 19.6 Å².